The number of rotatable bonds is 6. The quantitative estimate of drug-likeness (QED) is 0.278. The maximum atomic E-state index is 15.1. The Morgan fingerprint density at radius 2 is 1.51 bits per heavy atom. The molecule has 0 aromatic heterocycles. The van der Waals surface area contributed by atoms with E-state index in [1.165, 1.54) is 11.0 Å². The van der Waals surface area contributed by atoms with Gasteiger partial charge in [0.1, 0.15) is 12.4 Å². The zero-order chi connectivity index (χ0) is 33.1. The van der Waals surface area contributed by atoms with Crippen LogP contribution in [0.1, 0.15) is 56.2 Å². The van der Waals surface area contributed by atoms with Crippen molar-refractivity contribution >= 4 is 29.0 Å². The van der Waals surface area contributed by atoms with Gasteiger partial charge in [-0.3, -0.25) is 24.1 Å². The van der Waals surface area contributed by atoms with Crippen LogP contribution in [0.3, 0.4) is 0 Å². The van der Waals surface area contributed by atoms with E-state index in [9.17, 15) is 19.5 Å². The van der Waals surface area contributed by atoms with Crippen LogP contribution < -0.4 is 4.74 Å². The minimum absolute atomic E-state index is 0.0527. The molecule has 1 saturated carbocycles. The smallest absolute Gasteiger partial charge is 0.234 e. The van der Waals surface area contributed by atoms with Gasteiger partial charge in [-0.15, -0.1) is 0 Å². The van der Waals surface area contributed by atoms with E-state index >= 15 is 4.79 Å². The number of likely N-dealkylation sites (tertiary alicyclic amines) is 1. The van der Waals surface area contributed by atoms with Gasteiger partial charge >= 0.3 is 0 Å². The van der Waals surface area contributed by atoms with Crippen LogP contribution in [0.5, 0.6) is 5.75 Å². The van der Waals surface area contributed by atoms with Crippen LogP contribution in [0, 0.1) is 23.7 Å². The molecule has 2 fully saturated rings. The summed E-state index contributed by atoms with van der Waals surface area (Å²) in [6.07, 6.45) is 4.20. The van der Waals surface area contributed by atoms with Crippen molar-refractivity contribution in [3.63, 3.8) is 0 Å². The minimum atomic E-state index is -1.33. The first-order valence-electron chi connectivity index (χ1n) is 16.4. The lowest BCUT2D eigenvalue weighted by atomic mass is 9.44. The normalized spacial score (nSPS) is 28.7. The standard InChI is InChI=1S/C40H39NO6/c1-39(2,3)41-37(45)28-19-18-26-30(34(28)38(41)46)22-31-36(44)29(24-12-6-4-7-13-24)23-33(43)40(31,25-14-8-5-9-15-25)35(26)27-16-10-11-17-32(27)47-21-20-42/h4-18,23,28,30-31,34-35,42H,19-22H2,1-3H3. The number of hydrogen-bond donors (Lipinski definition) is 1. The topological polar surface area (TPSA) is 101 Å². The molecule has 3 aromatic carbocycles. The molecule has 1 N–H and O–H groups in total. The summed E-state index contributed by atoms with van der Waals surface area (Å²) < 4.78 is 6.10. The van der Waals surface area contributed by atoms with E-state index in [4.69, 9.17) is 4.74 Å². The number of carbonyl (C=O) groups is 4. The summed E-state index contributed by atoms with van der Waals surface area (Å²) in [5.74, 6) is -3.31. The average Bonchev–Trinajstić information content (AvgIpc) is 3.35. The zero-order valence-electron chi connectivity index (χ0n) is 26.9. The van der Waals surface area contributed by atoms with Gasteiger partial charge in [-0.25, -0.2) is 0 Å². The maximum Gasteiger partial charge on any atom is 0.234 e. The summed E-state index contributed by atoms with van der Waals surface area (Å²) in [5.41, 5.74) is 1.33. The Hall–Kier alpha value is -4.62. The van der Waals surface area contributed by atoms with Gasteiger partial charge < -0.3 is 9.84 Å². The first-order chi connectivity index (χ1) is 22.6. The Morgan fingerprint density at radius 1 is 0.851 bits per heavy atom. The van der Waals surface area contributed by atoms with Gasteiger partial charge in [0.2, 0.25) is 11.8 Å². The second-order valence-electron chi connectivity index (χ2n) is 14.1. The molecule has 1 aliphatic heterocycles. The van der Waals surface area contributed by atoms with Gasteiger partial charge in [-0.1, -0.05) is 90.5 Å². The predicted octanol–water partition coefficient (Wildman–Crippen LogP) is 5.68. The van der Waals surface area contributed by atoms with Gasteiger partial charge in [0.05, 0.1) is 23.9 Å². The van der Waals surface area contributed by atoms with Crippen molar-refractivity contribution < 1.29 is 29.0 Å². The molecule has 240 valence electrons. The molecular weight excluding hydrogens is 590 g/mol. The first kappa shape index (κ1) is 31.0. The van der Waals surface area contributed by atoms with E-state index < -0.39 is 40.5 Å². The second-order valence-corrected chi connectivity index (χ2v) is 14.1. The van der Waals surface area contributed by atoms with Crippen LogP contribution in [0.25, 0.3) is 5.57 Å². The lowest BCUT2D eigenvalue weighted by Crippen LogP contribution is -2.59. The highest BCUT2D eigenvalue weighted by molar-refractivity contribution is 6.31. The number of imide groups is 1. The molecule has 47 heavy (non-hydrogen) atoms. The molecule has 6 unspecified atom stereocenters. The molecule has 7 nitrogen and oxygen atoms in total. The average molecular weight is 630 g/mol. The SMILES string of the molecule is CC(C)(C)N1C(=O)C2CC=C3C(CC4C(=O)C(c5ccccc5)=CC(=O)C4(c4ccccc4)C3c3ccccc3OCCO)C2C1=O. The number of ether oxygens (including phenoxy) is 1. The largest absolute Gasteiger partial charge is 0.491 e. The zero-order valence-corrected chi connectivity index (χ0v) is 26.9. The van der Waals surface area contributed by atoms with Crippen molar-refractivity contribution in [2.24, 2.45) is 23.7 Å². The number of aliphatic hydroxyl groups excluding tert-OH is 1. The van der Waals surface area contributed by atoms with Gasteiger partial charge in [-0.2, -0.15) is 0 Å². The molecule has 3 aromatic rings. The predicted molar refractivity (Wildman–Crippen MR) is 177 cm³/mol. The Balaban J connectivity index is 1.51. The van der Waals surface area contributed by atoms with Crippen LogP contribution in [-0.2, 0) is 24.6 Å². The van der Waals surface area contributed by atoms with Crippen molar-refractivity contribution in [3.05, 3.63) is 119 Å². The molecule has 7 heteroatoms. The fraction of sp³-hybridized carbons (Fsp3) is 0.350. The van der Waals surface area contributed by atoms with Crippen molar-refractivity contribution in [2.75, 3.05) is 13.2 Å². The van der Waals surface area contributed by atoms with Gasteiger partial charge in [-0.05, 0) is 62.8 Å². The fourth-order valence-electron chi connectivity index (χ4n) is 8.89. The molecule has 1 saturated heterocycles. The lowest BCUT2D eigenvalue weighted by molar-refractivity contribution is -0.145. The monoisotopic (exact) mass is 629 g/mol. The van der Waals surface area contributed by atoms with Crippen LogP contribution in [0.2, 0.25) is 0 Å². The second kappa shape index (κ2) is 11.6. The number of para-hydroxylation sites is 1. The molecule has 0 radical (unpaired) electrons. The van der Waals surface area contributed by atoms with E-state index in [2.05, 4.69) is 6.08 Å². The number of ketones is 2. The molecule has 7 rings (SSSR count). The highest BCUT2D eigenvalue weighted by atomic mass is 16.5. The molecule has 3 aliphatic carbocycles. The summed E-state index contributed by atoms with van der Waals surface area (Å²) in [5, 5.41) is 9.68. The molecule has 1 heterocycles. The van der Waals surface area contributed by atoms with Gasteiger partial charge in [0, 0.05) is 28.5 Å². The summed E-state index contributed by atoms with van der Waals surface area (Å²) in [4.78, 5) is 59.6. The Morgan fingerprint density at radius 3 is 2.19 bits per heavy atom. The van der Waals surface area contributed by atoms with Crippen LogP contribution >= 0.6 is 0 Å². The number of carbonyl (C=O) groups excluding carboxylic acids is 4. The summed E-state index contributed by atoms with van der Waals surface area (Å²) >= 11 is 0. The highest BCUT2D eigenvalue weighted by Crippen LogP contribution is 2.64. The number of benzene rings is 3. The molecule has 4 aliphatic rings. The summed E-state index contributed by atoms with van der Waals surface area (Å²) in [6, 6.07) is 26.2. The molecule has 0 bridgehead atoms. The number of Topliss-reactive ketones (excluding diaryl/α,β-unsaturated/α-hetero) is 1. The van der Waals surface area contributed by atoms with E-state index in [-0.39, 0.29) is 43.0 Å². The maximum absolute atomic E-state index is 15.1. The third-order valence-electron chi connectivity index (χ3n) is 10.6. The van der Waals surface area contributed by atoms with Crippen LogP contribution in [0.15, 0.2) is 103 Å². The number of nitrogens with zero attached hydrogens (tertiary/aromatic N) is 1. The Labute approximate surface area is 274 Å². The third kappa shape index (κ3) is 4.66. The first-order valence-corrected chi connectivity index (χ1v) is 16.4. The number of fused-ring (bicyclic) bond motifs is 4. The molecule has 2 amide bonds. The molecule has 6 atom stereocenters. The third-order valence-corrected chi connectivity index (χ3v) is 10.6. The van der Waals surface area contributed by atoms with E-state index in [1.807, 2.05) is 106 Å². The number of allylic oxidation sites excluding steroid dienone is 4. The van der Waals surface area contributed by atoms with Crippen LogP contribution in [0.4, 0.5) is 0 Å². The van der Waals surface area contributed by atoms with Crippen molar-refractivity contribution in [3.8, 4) is 5.75 Å². The van der Waals surface area contributed by atoms with Crippen LogP contribution in [-0.4, -0.2) is 52.1 Å². The molecular formula is C40H39NO6. The lowest BCUT2D eigenvalue weighted by Gasteiger charge is -2.55. The molecule has 0 spiro atoms. The Bertz CT molecular complexity index is 1820. The number of aliphatic hydroxyl groups is 1. The summed E-state index contributed by atoms with van der Waals surface area (Å²) in [6.45, 7) is 5.46. The minimum Gasteiger partial charge on any atom is -0.491 e. The summed E-state index contributed by atoms with van der Waals surface area (Å²) in [7, 11) is 0. The highest BCUT2D eigenvalue weighted by Gasteiger charge is 2.66. The van der Waals surface area contributed by atoms with Crippen molar-refractivity contribution in [1.29, 1.82) is 0 Å². The fourth-order valence-corrected chi connectivity index (χ4v) is 8.89. The van der Waals surface area contributed by atoms with E-state index in [1.54, 1.807) is 0 Å². The number of hydrogen-bond acceptors (Lipinski definition) is 6. The van der Waals surface area contributed by atoms with Gasteiger partial charge in [0.25, 0.3) is 0 Å². The van der Waals surface area contributed by atoms with Gasteiger partial charge in [0.15, 0.2) is 11.6 Å². The van der Waals surface area contributed by atoms with E-state index in [0.717, 1.165) is 11.1 Å². The number of amides is 2. The van der Waals surface area contributed by atoms with E-state index in [0.29, 0.717) is 28.9 Å². The Kier molecular flexibility index (Phi) is 7.63. The van der Waals surface area contributed by atoms with Crippen molar-refractivity contribution in [1.82, 2.24) is 4.90 Å². The van der Waals surface area contributed by atoms with Crippen molar-refractivity contribution in [2.45, 2.75) is 50.5 Å².